The quantitative estimate of drug-likeness (QED) is 0.826. The molecule has 0 saturated carbocycles. The Morgan fingerprint density at radius 2 is 2.08 bits per heavy atom. The molecule has 0 radical (unpaired) electrons. The summed E-state index contributed by atoms with van der Waals surface area (Å²) < 4.78 is 0. The lowest BCUT2D eigenvalue weighted by Crippen LogP contribution is -2.60. The molecule has 8 heteroatoms. The third-order valence-electron chi connectivity index (χ3n) is 4.99. The second-order valence-corrected chi connectivity index (χ2v) is 7.05. The van der Waals surface area contributed by atoms with E-state index in [4.69, 9.17) is 28.3 Å². The number of aromatic hydroxyl groups is 1. The molecule has 2 saturated heterocycles. The van der Waals surface area contributed by atoms with Crippen LogP contribution in [0.1, 0.15) is 24.8 Å². The monoisotopic (exact) mass is 372 g/mol. The van der Waals surface area contributed by atoms with E-state index >= 15 is 0 Å². The number of nitrogens with zero attached hydrogens (tertiary/aromatic N) is 2. The highest BCUT2D eigenvalue weighted by Crippen LogP contribution is 2.44. The lowest BCUT2D eigenvalue weighted by atomic mass is 9.92. The summed E-state index contributed by atoms with van der Waals surface area (Å²) in [5.74, 6) is -0.725. The smallest absolute Gasteiger partial charge is 0.249 e. The first-order valence-electron chi connectivity index (χ1n) is 7.71. The molecule has 2 amide bonds. The first kappa shape index (κ1) is 17.3. The minimum absolute atomic E-state index is 0.0426. The number of phenolic OH excluding ortho intramolecular Hbond substituents is 1. The van der Waals surface area contributed by atoms with Gasteiger partial charge in [-0.1, -0.05) is 23.2 Å². The minimum Gasteiger partial charge on any atom is -0.508 e. The second-order valence-electron chi connectivity index (χ2n) is 6.26. The van der Waals surface area contributed by atoms with Gasteiger partial charge in [0.05, 0.1) is 16.1 Å². The summed E-state index contributed by atoms with van der Waals surface area (Å²) in [5, 5.41) is 19.9. The van der Waals surface area contributed by atoms with Gasteiger partial charge in [0.25, 0.3) is 0 Å². The van der Waals surface area contributed by atoms with Crippen LogP contribution in [0.4, 0.5) is 0 Å². The van der Waals surface area contributed by atoms with Crippen molar-refractivity contribution in [1.82, 2.24) is 9.80 Å². The average molecular weight is 373 g/mol. The summed E-state index contributed by atoms with van der Waals surface area (Å²) in [6.07, 6.45) is 0.565. The van der Waals surface area contributed by atoms with E-state index in [9.17, 15) is 14.7 Å². The Labute approximate surface area is 149 Å². The van der Waals surface area contributed by atoms with Crippen molar-refractivity contribution in [2.45, 2.75) is 31.3 Å². The van der Waals surface area contributed by atoms with E-state index in [2.05, 4.69) is 0 Å². The molecule has 1 aromatic rings. The highest BCUT2D eigenvalue weighted by Gasteiger charge is 2.46. The first-order valence-corrected chi connectivity index (χ1v) is 8.47. The number of aliphatic hydroxyl groups excluding tert-OH is 1. The van der Waals surface area contributed by atoms with Crippen molar-refractivity contribution < 1.29 is 19.8 Å². The number of fused-ring (bicyclic) bond motifs is 1. The molecule has 2 fully saturated rings. The number of carbonyl (C=O) groups is 2. The Balaban J connectivity index is 1.90. The summed E-state index contributed by atoms with van der Waals surface area (Å²) in [6.45, 7) is 1.62. The molecule has 0 aliphatic carbocycles. The lowest BCUT2D eigenvalue weighted by molar-refractivity contribution is -0.152. The fourth-order valence-corrected chi connectivity index (χ4v) is 4.24. The van der Waals surface area contributed by atoms with Gasteiger partial charge < -0.3 is 20.0 Å². The zero-order valence-corrected chi connectivity index (χ0v) is 14.6. The van der Waals surface area contributed by atoms with Gasteiger partial charge in [-0.3, -0.25) is 9.59 Å². The Morgan fingerprint density at radius 3 is 2.75 bits per heavy atom. The Hall–Kier alpha value is -1.50. The number of aliphatic hydroxyl groups is 1. The topological polar surface area (TPSA) is 81.1 Å². The molecule has 1 aromatic carbocycles. The third kappa shape index (κ3) is 2.72. The molecule has 2 N–H and O–H groups in total. The molecule has 6 nitrogen and oxygen atoms in total. The molecule has 3 rings (SSSR count). The summed E-state index contributed by atoms with van der Waals surface area (Å²) in [7, 11) is 0. The molecule has 2 heterocycles. The van der Waals surface area contributed by atoms with E-state index in [-0.39, 0.29) is 36.2 Å². The largest absolute Gasteiger partial charge is 0.508 e. The van der Waals surface area contributed by atoms with E-state index in [1.54, 1.807) is 4.90 Å². The van der Waals surface area contributed by atoms with Crippen LogP contribution in [-0.2, 0) is 9.59 Å². The van der Waals surface area contributed by atoms with Crippen LogP contribution in [0.15, 0.2) is 12.1 Å². The lowest BCUT2D eigenvalue weighted by Gasteiger charge is -2.42. The normalized spacial score (nSPS) is 26.7. The van der Waals surface area contributed by atoms with Crippen LogP contribution in [0.25, 0.3) is 0 Å². The number of amides is 2. The second kappa shape index (κ2) is 6.43. The molecule has 0 spiro atoms. The van der Waals surface area contributed by atoms with Gasteiger partial charge in [-0.2, -0.15) is 0 Å². The highest BCUT2D eigenvalue weighted by molar-refractivity contribution is 6.42. The van der Waals surface area contributed by atoms with Crippen LogP contribution in [0.2, 0.25) is 10.0 Å². The summed E-state index contributed by atoms with van der Waals surface area (Å²) >= 11 is 12.3. The summed E-state index contributed by atoms with van der Waals surface area (Å²) in [5.41, 5.74) is 0.540. The van der Waals surface area contributed by atoms with Gasteiger partial charge >= 0.3 is 0 Å². The van der Waals surface area contributed by atoms with Crippen molar-refractivity contribution >= 4 is 35.0 Å². The number of halogens is 2. The Bertz CT molecular complexity index is 697. The zero-order valence-electron chi connectivity index (χ0n) is 13.1. The van der Waals surface area contributed by atoms with E-state index < -0.39 is 12.5 Å². The first-order chi connectivity index (χ1) is 11.3. The zero-order chi connectivity index (χ0) is 17.6. The molecule has 3 atom stereocenters. The molecular weight excluding hydrogens is 355 g/mol. The van der Waals surface area contributed by atoms with Crippen molar-refractivity contribution in [2.75, 3.05) is 19.7 Å². The number of carbonyl (C=O) groups excluding carboxylic acids is 2. The van der Waals surface area contributed by atoms with Gasteiger partial charge in [-0.25, -0.2) is 0 Å². The van der Waals surface area contributed by atoms with E-state index in [1.807, 2.05) is 6.92 Å². The molecule has 130 valence electrons. The molecule has 24 heavy (non-hydrogen) atoms. The maximum atomic E-state index is 12.4. The number of hydrogen-bond acceptors (Lipinski definition) is 4. The molecule has 2 aliphatic heterocycles. The SMILES string of the molecule is C[C@H]1[C@@H]2C[C@H](c3c(O)ccc(Cl)c3Cl)CN2C(=O)CN1C(=O)CO. The van der Waals surface area contributed by atoms with Crippen LogP contribution in [-0.4, -0.2) is 63.6 Å². The standard InChI is InChI=1S/C16H18Cl2N2O4/c1-8-11-4-9(15-12(22)3-2-10(17)16(15)18)5-20(11)13(23)6-19(8)14(24)7-21/h2-3,8-9,11,21-22H,4-7H2,1H3/t8-,9-,11-/m0/s1. The predicted molar refractivity (Wildman–Crippen MR) is 89.2 cm³/mol. The van der Waals surface area contributed by atoms with Crippen molar-refractivity contribution in [2.24, 2.45) is 0 Å². The Kier molecular flexibility index (Phi) is 4.64. The fourth-order valence-electron chi connectivity index (χ4n) is 3.76. The summed E-state index contributed by atoms with van der Waals surface area (Å²) in [6, 6.07) is 2.63. The van der Waals surface area contributed by atoms with E-state index in [0.29, 0.717) is 28.6 Å². The molecule has 2 aliphatic rings. The Morgan fingerprint density at radius 1 is 1.38 bits per heavy atom. The maximum absolute atomic E-state index is 12.4. The maximum Gasteiger partial charge on any atom is 0.249 e. The third-order valence-corrected chi connectivity index (χ3v) is 5.81. The van der Waals surface area contributed by atoms with Gasteiger partial charge in [0, 0.05) is 24.1 Å². The molecule has 0 bridgehead atoms. The number of phenols is 1. The minimum atomic E-state index is -0.616. The van der Waals surface area contributed by atoms with Gasteiger partial charge in [-0.05, 0) is 25.5 Å². The number of hydrogen-bond donors (Lipinski definition) is 2. The number of rotatable bonds is 2. The van der Waals surface area contributed by atoms with Gasteiger partial charge in [0.2, 0.25) is 11.8 Å². The molecule has 0 aromatic heterocycles. The fraction of sp³-hybridized carbons (Fsp3) is 0.500. The van der Waals surface area contributed by atoms with Crippen LogP contribution >= 0.6 is 23.2 Å². The van der Waals surface area contributed by atoms with E-state index in [1.165, 1.54) is 17.0 Å². The average Bonchev–Trinajstić information content (AvgIpc) is 3.00. The van der Waals surface area contributed by atoms with Gasteiger partial charge in [0.15, 0.2) is 0 Å². The predicted octanol–water partition coefficient (Wildman–Crippen LogP) is 1.61. The van der Waals surface area contributed by atoms with Crippen LogP contribution in [0.3, 0.4) is 0 Å². The van der Waals surface area contributed by atoms with Crippen molar-refractivity contribution in [1.29, 1.82) is 0 Å². The van der Waals surface area contributed by atoms with Crippen LogP contribution < -0.4 is 0 Å². The van der Waals surface area contributed by atoms with Crippen molar-refractivity contribution in [3.8, 4) is 5.75 Å². The van der Waals surface area contributed by atoms with Gasteiger partial charge in [0.1, 0.15) is 18.9 Å². The highest BCUT2D eigenvalue weighted by atomic mass is 35.5. The summed E-state index contributed by atoms with van der Waals surface area (Å²) in [4.78, 5) is 27.4. The van der Waals surface area contributed by atoms with Gasteiger partial charge in [-0.15, -0.1) is 0 Å². The number of piperazine rings is 1. The van der Waals surface area contributed by atoms with Crippen LogP contribution in [0.5, 0.6) is 5.75 Å². The van der Waals surface area contributed by atoms with Crippen molar-refractivity contribution in [3.05, 3.63) is 27.7 Å². The molecular formula is C16H18Cl2N2O4. The van der Waals surface area contributed by atoms with Crippen molar-refractivity contribution in [3.63, 3.8) is 0 Å². The van der Waals surface area contributed by atoms with Crippen LogP contribution in [0, 0.1) is 0 Å². The number of benzene rings is 1. The van der Waals surface area contributed by atoms with E-state index in [0.717, 1.165) is 0 Å². The molecule has 0 unspecified atom stereocenters.